The van der Waals surface area contributed by atoms with Crippen LogP contribution in [0.15, 0.2) is 12.2 Å². The Morgan fingerprint density at radius 2 is 0.605 bits per heavy atom. The fourth-order valence-electron chi connectivity index (χ4n) is 11.2. The van der Waals surface area contributed by atoms with E-state index >= 15 is 0 Å². The van der Waals surface area contributed by atoms with Gasteiger partial charge in [0.1, 0.15) is 0 Å². The van der Waals surface area contributed by atoms with E-state index in [4.69, 9.17) is 4.74 Å². The van der Waals surface area contributed by atoms with E-state index in [1.165, 1.54) is 334 Å². The van der Waals surface area contributed by atoms with Crippen LogP contribution in [0.3, 0.4) is 0 Å². The quantitative estimate of drug-likeness (QED) is 0.0320. The maximum atomic E-state index is 12.5. The van der Waals surface area contributed by atoms with Crippen molar-refractivity contribution in [3.63, 3.8) is 0 Å². The Morgan fingerprint density at radius 1 is 0.355 bits per heavy atom. The fraction of sp³-hybridized carbons (Fsp3) is 0.943. The van der Waals surface area contributed by atoms with Gasteiger partial charge in [0.15, 0.2) is 0 Å². The molecule has 76 heavy (non-hydrogen) atoms. The number of carbonyl (C=O) groups excluding carboxylic acids is 2. The zero-order valence-corrected chi connectivity index (χ0v) is 51.8. The highest BCUT2D eigenvalue weighted by Crippen LogP contribution is 2.19. The van der Waals surface area contributed by atoms with Crippen molar-refractivity contribution >= 4 is 11.9 Å². The molecule has 0 aromatic carbocycles. The van der Waals surface area contributed by atoms with Gasteiger partial charge in [-0.25, -0.2) is 0 Å². The molecule has 452 valence electrons. The van der Waals surface area contributed by atoms with Gasteiger partial charge >= 0.3 is 5.97 Å². The third-order valence-electron chi connectivity index (χ3n) is 16.6. The number of nitrogens with one attached hydrogen (secondary N) is 1. The van der Waals surface area contributed by atoms with Crippen LogP contribution in [0.25, 0.3) is 0 Å². The highest BCUT2D eigenvalue weighted by Gasteiger charge is 2.18. The van der Waals surface area contributed by atoms with Gasteiger partial charge in [-0.2, -0.15) is 0 Å². The third-order valence-corrected chi connectivity index (χ3v) is 16.6. The first-order chi connectivity index (χ1) is 37.5. The first kappa shape index (κ1) is 74.6. The van der Waals surface area contributed by atoms with Crippen LogP contribution >= 0.6 is 0 Å². The molecule has 0 saturated carbocycles. The van der Waals surface area contributed by atoms with Crippen LogP contribution in [0.5, 0.6) is 0 Å². The molecular weight excluding hydrogens is 935 g/mol. The number of unbranched alkanes of at least 4 members (excludes halogenated alkanes) is 55. The van der Waals surface area contributed by atoms with E-state index in [-0.39, 0.29) is 18.5 Å². The number of carbonyl (C=O) groups is 2. The highest BCUT2D eigenvalue weighted by molar-refractivity contribution is 5.76. The lowest BCUT2D eigenvalue weighted by Crippen LogP contribution is -2.45. The van der Waals surface area contributed by atoms with E-state index in [0.717, 1.165) is 38.5 Å². The number of ether oxygens (including phenoxy) is 1. The predicted molar refractivity (Wildman–Crippen MR) is 333 cm³/mol. The molecule has 6 heteroatoms. The normalized spacial score (nSPS) is 12.5. The van der Waals surface area contributed by atoms with Crippen molar-refractivity contribution in [1.82, 2.24) is 5.32 Å². The summed E-state index contributed by atoms with van der Waals surface area (Å²) in [5.41, 5.74) is 0. The van der Waals surface area contributed by atoms with Gasteiger partial charge in [0.25, 0.3) is 0 Å². The Morgan fingerprint density at radius 3 is 0.895 bits per heavy atom. The van der Waals surface area contributed by atoms with Gasteiger partial charge < -0.3 is 20.3 Å². The van der Waals surface area contributed by atoms with Gasteiger partial charge in [-0.05, 0) is 32.1 Å². The lowest BCUT2D eigenvalue weighted by molar-refractivity contribution is -0.143. The van der Waals surface area contributed by atoms with Crippen molar-refractivity contribution in [2.75, 3.05) is 13.2 Å². The second-order valence-electron chi connectivity index (χ2n) is 24.2. The molecule has 0 rings (SSSR count). The summed E-state index contributed by atoms with van der Waals surface area (Å²) in [4.78, 5) is 24.6. The van der Waals surface area contributed by atoms with Crippen molar-refractivity contribution in [1.29, 1.82) is 0 Å². The van der Waals surface area contributed by atoms with Gasteiger partial charge in [-0.1, -0.05) is 366 Å². The smallest absolute Gasteiger partial charge is 0.305 e. The molecule has 0 aliphatic heterocycles. The number of rotatable bonds is 66. The van der Waals surface area contributed by atoms with Crippen LogP contribution in [0, 0.1) is 0 Å². The number of hydrogen-bond donors (Lipinski definition) is 3. The van der Waals surface area contributed by atoms with Crippen LogP contribution in [0.1, 0.15) is 399 Å². The molecule has 0 spiro atoms. The van der Waals surface area contributed by atoms with E-state index in [2.05, 4.69) is 19.2 Å². The van der Waals surface area contributed by atoms with Crippen molar-refractivity contribution in [3.8, 4) is 0 Å². The Kier molecular flexibility index (Phi) is 64.9. The molecule has 0 saturated heterocycles. The molecule has 0 aromatic rings. The van der Waals surface area contributed by atoms with Gasteiger partial charge in [-0.3, -0.25) is 9.59 Å². The zero-order valence-electron chi connectivity index (χ0n) is 51.8. The fourth-order valence-corrected chi connectivity index (χ4v) is 11.2. The van der Waals surface area contributed by atoms with Crippen molar-refractivity contribution in [2.24, 2.45) is 0 Å². The topological polar surface area (TPSA) is 95.9 Å². The SMILES string of the molecule is CCCCCCCCCCCCCCCC/C=C/C(O)C(CO)NC(=O)CCCCCCCCCCCCCCCCCCCCCCCCCCCOC(=O)CCCCCCCCCCCCCCCCCCCC. The maximum absolute atomic E-state index is 12.5. The third kappa shape index (κ3) is 61.8. The minimum absolute atomic E-state index is 0.0214. The number of hydrogen-bond acceptors (Lipinski definition) is 5. The molecule has 0 fully saturated rings. The average molecular weight is 1070 g/mol. The van der Waals surface area contributed by atoms with Crippen LogP contribution < -0.4 is 5.32 Å². The summed E-state index contributed by atoms with van der Waals surface area (Å²) in [5.74, 6) is -0.0416. The number of aliphatic hydroxyl groups is 2. The summed E-state index contributed by atoms with van der Waals surface area (Å²) in [6.45, 7) is 4.95. The Balaban J connectivity index is 3.35. The maximum Gasteiger partial charge on any atom is 0.305 e. The summed E-state index contributed by atoms with van der Waals surface area (Å²) < 4.78 is 5.51. The molecule has 0 bridgehead atoms. The van der Waals surface area contributed by atoms with Gasteiger partial charge in [0.05, 0.1) is 25.4 Å². The number of aliphatic hydroxyl groups excluding tert-OH is 2. The van der Waals surface area contributed by atoms with Crippen LogP contribution in [0.4, 0.5) is 0 Å². The Bertz CT molecular complexity index is 1140. The monoisotopic (exact) mass is 1070 g/mol. The molecule has 6 nitrogen and oxygen atoms in total. The summed E-state index contributed by atoms with van der Waals surface area (Å²) in [7, 11) is 0. The minimum atomic E-state index is -0.842. The molecule has 3 N–H and O–H groups in total. The molecule has 2 unspecified atom stereocenters. The van der Waals surface area contributed by atoms with E-state index in [0.29, 0.717) is 19.4 Å². The molecule has 0 aliphatic rings. The molecule has 0 aliphatic carbocycles. The summed E-state index contributed by atoms with van der Waals surface area (Å²) in [6, 6.07) is -0.626. The molecule has 0 heterocycles. The van der Waals surface area contributed by atoms with E-state index in [1.807, 2.05) is 6.08 Å². The lowest BCUT2D eigenvalue weighted by atomic mass is 10.0. The number of amides is 1. The first-order valence-electron chi connectivity index (χ1n) is 35.0. The predicted octanol–water partition coefficient (Wildman–Crippen LogP) is 22.4. The van der Waals surface area contributed by atoms with Crippen LogP contribution in [0.2, 0.25) is 0 Å². The molecular formula is C70H137NO5. The summed E-state index contributed by atoms with van der Waals surface area (Å²) in [5, 5.41) is 23.2. The largest absolute Gasteiger partial charge is 0.466 e. The summed E-state index contributed by atoms with van der Waals surface area (Å²) >= 11 is 0. The molecule has 0 aromatic heterocycles. The second-order valence-corrected chi connectivity index (χ2v) is 24.2. The highest BCUT2D eigenvalue weighted by atomic mass is 16.5. The van der Waals surface area contributed by atoms with E-state index < -0.39 is 12.1 Å². The molecule has 0 radical (unpaired) electrons. The van der Waals surface area contributed by atoms with Crippen molar-refractivity contribution < 1.29 is 24.5 Å². The average Bonchev–Trinajstić information content (AvgIpc) is 3.42. The van der Waals surface area contributed by atoms with Crippen LogP contribution in [-0.4, -0.2) is 47.4 Å². The zero-order chi connectivity index (χ0) is 55.0. The second kappa shape index (κ2) is 66.1. The van der Waals surface area contributed by atoms with Crippen LogP contribution in [-0.2, 0) is 14.3 Å². The number of allylic oxidation sites excluding steroid dienone is 1. The molecule has 2 atom stereocenters. The van der Waals surface area contributed by atoms with Crippen molar-refractivity contribution in [3.05, 3.63) is 12.2 Å². The summed E-state index contributed by atoms with van der Waals surface area (Å²) in [6.07, 6.45) is 81.4. The first-order valence-corrected chi connectivity index (χ1v) is 35.0. The van der Waals surface area contributed by atoms with Gasteiger partial charge in [0.2, 0.25) is 5.91 Å². The van der Waals surface area contributed by atoms with Gasteiger partial charge in [0, 0.05) is 12.8 Å². The van der Waals surface area contributed by atoms with Crippen molar-refractivity contribution in [2.45, 2.75) is 411 Å². The molecule has 1 amide bonds. The Labute approximate surface area is 476 Å². The van der Waals surface area contributed by atoms with E-state index in [9.17, 15) is 19.8 Å². The number of esters is 1. The Hall–Kier alpha value is -1.40. The van der Waals surface area contributed by atoms with E-state index in [1.54, 1.807) is 6.08 Å². The minimum Gasteiger partial charge on any atom is -0.466 e. The standard InChI is InChI=1S/C70H137NO5/c1-3-5-7-9-11-13-15-17-19-21-32-36-40-44-48-52-56-60-64-70(75)76-65-61-57-53-49-45-41-37-33-30-28-26-24-22-23-25-27-29-31-35-39-43-47-51-55-59-63-69(74)71-67(66-72)68(73)62-58-54-50-46-42-38-34-20-18-16-14-12-10-8-6-4-2/h58,62,67-68,72-73H,3-57,59-61,63-66H2,1-2H3,(H,71,74)/b62-58+. The lowest BCUT2D eigenvalue weighted by Gasteiger charge is -2.20. The van der Waals surface area contributed by atoms with Gasteiger partial charge in [-0.15, -0.1) is 0 Å².